The molecule has 1 heterocycles. The Kier molecular flexibility index (Phi) is 4.71. The van der Waals surface area contributed by atoms with Crippen molar-refractivity contribution in [2.45, 2.75) is 6.42 Å². The Balaban J connectivity index is 1.98. The number of halogens is 1. The second-order valence-electron chi connectivity index (χ2n) is 4.15. The molecular weight excluding hydrogens is 282 g/mol. The maximum absolute atomic E-state index is 12.1. The molecule has 1 aliphatic heterocycles. The van der Waals surface area contributed by atoms with Gasteiger partial charge in [0.1, 0.15) is 0 Å². The minimum Gasteiger partial charge on any atom is -0.380 e. The van der Waals surface area contributed by atoms with Gasteiger partial charge in [-0.05, 0) is 12.5 Å². The van der Waals surface area contributed by atoms with Gasteiger partial charge < -0.3 is 4.74 Å². The van der Waals surface area contributed by atoms with Crippen molar-refractivity contribution in [3.05, 3.63) is 34.3 Å². The van der Waals surface area contributed by atoms with Gasteiger partial charge in [0, 0.05) is 29.7 Å². The molecule has 2 rings (SSSR count). The van der Waals surface area contributed by atoms with Crippen molar-refractivity contribution >= 4 is 21.7 Å². The highest BCUT2D eigenvalue weighted by Gasteiger charge is 2.15. The van der Waals surface area contributed by atoms with Gasteiger partial charge in [0.2, 0.25) is 0 Å². The summed E-state index contributed by atoms with van der Waals surface area (Å²) in [5.74, 6) is 0.166. The highest BCUT2D eigenvalue weighted by molar-refractivity contribution is 9.10. The first-order valence-corrected chi connectivity index (χ1v) is 6.64. The molecule has 0 bridgehead atoms. The van der Waals surface area contributed by atoms with E-state index in [2.05, 4.69) is 20.8 Å². The molecule has 17 heavy (non-hydrogen) atoms. The maximum atomic E-state index is 12.1. The fourth-order valence-electron chi connectivity index (χ4n) is 1.93. The summed E-state index contributed by atoms with van der Waals surface area (Å²) in [5.41, 5.74) is 0.762. The zero-order valence-electron chi connectivity index (χ0n) is 9.69. The number of benzene rings is 1. The predicted molar refractivity (Wildman–Crippen MR) is 70.3 cm³/mol. The molecule has 3 nitrogen and oxygen atoms in total. The van der Waals surface area contributed by atoms with E-state index < -0.39 is 0 Å². The zero-order chi connectivity index (χ0) is 12.1. The number of ketones is 1. The molecule has 0 aromatic heterocycles. The van der Waals surface area contributed by atoms with Crippen LogP contribution in [0, 0.1) is 0 Å². The molecule has 0 unspecified atom stereocenters. The van der Waals surface area contributed by atoms with E-state index in [0.717, 1.165) is 42.8 Å². The lowest BCUT2D eigenvalue weighted by atomic mass is 10.1. The van der Waals surface area contributed by atoms with Crippen LogP contribution in [-0.4, -0.2) is 43.5 Å². The number of hydrogen-bond donors (Lipinski definition) is 0. The Morgan fingerprint density at radius 3 is 2.94 bits per heavy atom. The molecule has 1 fully saturated rings. The molecule has 1 saturated heterocycles. The van der Waals surface area contributed by atoms with Crippen molar-refractivity contribution in [1.29, 1.82) is 0 Å². The molecule has 1 aliphatic rings. The first kappa shape index (κ1) is 12.7. The van der Waals surface area contributed by atoms with Crippen molar-refractivity contribution in [1.82, 2.24) is 4.90 Å². The molecule has 0 spiro atoms. The molecule has 0 saturated carbocycles. The lowest BCUT2D eigenvalue weighted by Gasteiger charge is -2.18. The summed E-state index contributed by atoms with van der Waals surface area (Å²) in [5, 5.41) is 0. The Hall–Kier alpha value is -0.710. The highest BCUT2D eigenvalue weighted by atomic mass is 79.9. The van der Waals surface area contributed by atoms with Gasteiger partial charge in [0.15, 0.2) is 5.78 Å². The van der Waals surface area contributed by atoms with Crippen molar-refractivity contribution in [2.24, 2.45) is 0 Å². The molecule has 92 valence electrons. The summed E-state index contributed by atoms with van der Waals surface area (Å²) < 4.78 is 6.24. The third-order valence-corrected chi connectivity index (χ3v) is 3.55. The standard InChI is InChI=1S/C13H16BrNO2/c14-12-5-2-1-4-11(12)13(16)10-15-6-3-8-17-9-7-15/h1-2,4-5H,3,6-10H2. The second kappa shape index (κ2) is 6.28. The van der Waals surface area contributed by atoms with Crippen molar-refractivity contribution in [3.63, 3.8) is 0 Å². The van der Waals surface area contributed by atoms with E-state index in [1.165, 1.54) is 0 Å². The van der Waals surface area contributed by atoms with Crippen molar-refractivity contribution in [2.75, 3.05) is 32.8 Å². The van der Waals surface area contributed by atoms with E-state index in [0.29, 0.717) is 6.54 Å². The predicted octanol–water partition coefficient (Wildman–Crippen LogP) is 2.35. The van der Waals surface area contributed by atoms with Crippen LogP contribution < -0.4 is 0 Å². The van der Waals surface area contributed by atoms with Crippen LogP contribution in [0.4, 0.5) is 0 Å². The monoisotopic (exact) mass is 297 g/mol. The fourth-order valence-corrected chi connectivity index (χ4v) is 2.44. The minimum atomic E-state index is 0.166. The Morgan fingerprint density at radius 1 is 1.29 bits per heavy atom. The summed E-state index contributed by atoms with van der Waals surface area (Å²) in [6, 6.07) is 7.57. The van der Waals surface area contributed by atoms with E-state index in [4.69, 9.17) is 4.74 Å². The van der Waals surface area contributed by atoms with Crippen LogP contribution in [-0.2, 0) is 4.74 Å². The lowest BCUT2D eigenvalue weighted by molar-refractivity contribution is 0.0921. The lowest BCUT2D eigenvalue weighted by Crippen LogP contribution is -2.32. The van der Waals surface area contributed by atoms with Crippen LogP contribution in [0.5, 0.6) is 0 Å². The topological polar surface area (TPSA) is 29.5 Å². The van der Waals surface area contributed by atoms with E-state index in [1.54, 1.807) is 0 Å². The Labute approximate surface area is 110 Å². The van der Waals surface area contributed by atoms with E-state index >= 15 is 0 Å². The Bertz CT molecular complexity index is 387. The van der Waals surface area contributed by atoms with Gasteiger partial charge in [-0.2, -0.15) is 0 Å². The normalized spacial score (nSPS) is 17.7. The molecule has 0 radical (unpaired) electrons. The SMILES string of the molecule is O=C(CN1CCCOCC1)c1ccccc1Br. The van der Waals surface area contributed by atoms with E-state index in [1.807, 2.05) is 24.3 Å². The van der Waals surface area contributed by atoms with Crippen molar-refractivity contribution < 1.29 is 9.53 Å². The van der Waals surface area contributed by atoms with Gasteiger partial charge in [-0.25, -0.2) is 0 Å². The summed E-state index contributed by atoms with van der Waals surface area (Å²) >= 11 is 3.41. The van der Waals surface area contributed by atoms with Gasteiger partial charge in [0.25, 0.3) is 0 Å². The number of hydrogen-bond acceptors (Lipinski definition) is 3. The molecule has 0 amide bonds. The van der Waals surface area contributed by atoms with Crippen LogP contribution in [0.3, 0.4) is 0 Å². The molecule has 0 atom stereocenters. The fraction of sp³-hybridized carbons (Fsp3) is 0.462. The number of nitrogens with zero attached hydrogens (tertiary/aromatic N) is 1. The van der Waals surface area contributed by atoms with Crippen LogP contribution in [0.2, 0.25) is 0 Å². The average Bonchev–Trinajstić information content (AvgIpc) is 2.58. The van der Waals surface area contributed by atoms with E-state index in [9.17, 15) is 4.79 Å². The van der Waals surface area contributed by atoms with Crippen LogP contribution >= 0.6 is 15.9 Å². The molecule has 1 aromatic carbocycles. The third-order valence-electron chi connectivity index (χ3n) is 2.86. The van der Waals surface area contributed by atoms with Gasteiger partial charge in [0.05, 0.1) is 13.2 Å². The molecule has 0 N–H and O–H groups in total. The second-order valence-corrected chi connectivity index (χ2v) is 5.00. The largest absolute Gasteiger partial charge is 0.380 e. The van der Waals surface area contributed by atoms with Gasteiger partial charge in [-0.15, -0.1) is 0 Å². The summed E-state index contributed by atoms with van der Waals surface area (Å²) in [4.78, 5) is 14.3. The summed E-state index contributed by atoms with van der Waals surface area (Å²) in [6.45, 7) is 3.79. The van der Waals surface area contributed by atoms with Crippen LogP contribution in [0.1, 0.15) is 16.8 Å². The van der Waals surface area contributed by atoms with Gasteiger partial charge in [-0.1, -0.05) is 34.1 Å². The summed E-state index contributed by atoms with van der Waals surface area (Å²) in [6.07, 6.45) is 1.00. The smallest absolute Gasteiger partial charge is 0.177 e. The number of ether oxygens (including phenoxy) is 1. The minimum absolute atomic E-state index is 0.166. The quantitative estimate of drug-likeness (QED) is 0.802. The first-order chi connectivity index (χ1) is 8.27. The molecular formula is C13H16BrNO2. The molecule has 0 aliphatic carbocycles. The average molecular weight is 298 g/mol. The molecule has 1 aromatic rings. The van der Waals surface area contributed by atoms with E-state index in [-0.39, 0.29) is 5.78 Å². The van der Waals surface area contributed by atoms with Gasteiger partial charge in [-0.3, -0.25) is 9.69 Å². The molecule has 4 heteroatoms. The van der Waals surface area contributed by atoms with Crippen LogP contribution in [0.15, 0.2) is 28.7 Å². The zero-order valence-corrected chi connectivity index (χ0v) is 11.3. The number of carbonyl (C=O) groups excluding carboxylic acids is 1. The highest BCUT2D eigenvalue weighted by Crippen LogP contribution is 2.17. The Morgan fingerprint density at radius 2 is 2.12 bits per heavy atom. The number of carbonyl (C=O) groups is 1. The number of Topliss-reactive ketones (excluding diaryl/α,β-unsaturated/α-hetero) is 1. The maximum Gasteiger partial charge on any atom is 0.177 e. The van der Waals surface area contributed by atoms with Crippen molar-refractivity contribution in [3.8, 4) is 0 Å². The van der Waals surface area contributed by atoms with Crippen LogP contribution in [0.25, 0.3) is 0 Å². The third kappa shape index (κ3) is 3.63. The number of rotatable bonds is 3. The summed E-state index contributed by atoms with van der Waals surface area (Å²) in [7, 11) is 0. The first-order valence-electron chi connectivity index (χ1n) is 5.85. The van der Waals surface area contributed by atoms with Gasteiger partial charge >= 0.3 is 0 Å².